The minimum atomic E-state index is 0.590. The van der Waals surface area contributed by atoms with Crippen LogP contribution in [-0.2, 0) is 0 Å². The molecule has 0 saturated carbocycles. The second-order valence-electron chi connectivity index (χ2n) is 14.4. The number of furan rings is 2. The molecule has 4 aromatic heterocycles. The number of rotatable bonds is 5. The van der Waals surface area contributed by atoms with E-state index in [1.807, 2.05) is 72.8 Å². The largest absolute Gasteiger partial charge is 0.456 e. The highest BCUT2D eigenvalue weighted by Gasteiger charge is 2.20. The highest BCUT2D eigenvalue weighted by Crippen LogP contribution is 2.41. The van der Waals surface area contributed by atoms with Crippen LogP contribution >= 0.6 is 0 Å². The summed E-state index contributed by atoms with van der Waals surface area (Å²) in [5.74, 6) is 1.83. The number of fused-ring (bicyclic) bond motifs is 9. The smallest absolute Gasteiger partial charge is 0.164 e. The average Bonchev–Trinajstić information content (AvgIpc) is 3.94. The predicted molar refractivity (Wildman–Crippen MR) is 230 cm³/mol. The highest BCUT2D eigenvalue weighted by molar-refractivity contribution is 6.18. The Labute approximate surface area is 325 Å². The van der Waals surface area contributed by atoms with Gasteiger partial charge < -0.3 is 13.4 Å². The molecule has 0 bridgehead atoms. The third kappa shape index (κ3) is 5.01. The van der Waals surface area contributed by atoms with Crippen LogP contribution in [0.1, 0.15) is 0 Å². The summed E-state index contributed by atoms with van der Waals surface area (Å²) < 4.78 is 15.3. The average molecular weight is 731 g/mol. The van der Waals surface area contributed by atoms with Crippen LogP contribution in [0.3, 0.4) is 0 Å². The standard InChI is InChI=1S/C51H30N4O2/c1-4-13-31(14-5-1)49-52-50(32-15-6-2-7-16-32)54-51(53-49)37-20-12-22-46-48(37)41-28-34(24-26-45(41)56-46)33-23-25-44-39(27-33)40-29-38-36-19-10-11-21-42(36)55(35-17-8-3-9-18-35)43(38)30-47(40)57-44/h1-30H. The third-order valence-corrected chi connectivity index (χ3v) is 11.0. The molecule has 12 aromatic rings. The van der Waals surface area contributed by atoms with Gasteiger partial charge in [0.25, 0.3) is 0 Å². The molecular formula is C51H30N4O2. The normalized spacial score (nSPS) is 11.9. The van der Waals surface area contributed by atoms with E-state index in [0.29, 0.717) is 17.5 Å². The van der Waals surface area contributed by atoms with Crippen LogP contribution in [0, 0.1) is 0 Å². The molecule has 0 radical (unpaired) electrons. The van der Waals surface area contributed by atoms with Crippen LogP contribution in [0.2, 0.25) is 0 Å². The van der Waals surface area contributed by atoms with Crippen LogP contribution in [-0.4, -0.2) is 19.5 Å². The van der Waals surface area contributed by atoms with Crippen molar-refractivity contribution in [3.63, 3.8) is 0 Å². The molecule has 6 heteroatoms. The van der Waals surface area contributed by atoms with Gasteiger partial charge in [-0.05, 0) is 65.7 Å². The lowest BCUT2D eigenvalue weighted by atomic mass is 9.99. The molecule has 8 aromatic carbocycles. The SMILES string of the molecule is c1ccc(-c2nc(-c3ccccc3)nc(-c3cccc4oc5ccc(-c6ccc7oc8cc9c(cc8c7c6)c6ccccc6n9-c6ccccc6)cc5c34)n2)cc1. The topological polar surface area (TPSA) is 69.9 Å². The number of hydrogen-bond donors (Lipinski definition) is 0. The van der Waals surface area contributed by atoms with Gasteiger partial charge in [-0.15, -0.1) is 0 Å². The summed E-state index contributed by atoms with van der Waals surface area (Å²) in [6, 6.07) is 62.7. The second kappa shape index (κ2) is 12.3. The third-order valence-electron chi connectivity index (χ3n) is 11.0. The zero-order valence-corrected chi connectivity index (χ0v) is 30.4. The molecule has 266 valence electrons. The summed E-state index contributed by atoms with van der Waals surface area (Å²) in [5.41, 5.74) is 11.6. The maximum Gasteiger partial charge on any atom is 0.164 e. The first-order valence-corrected chi connectivity index (χ1v) is 19.0. The van der Waals surface area contributed by atoms with Crippen molar-refractivity contribution in [1.29, 1.82) is 0 Å². The van der Waals surface area contributed by atoms with Crippen LogP contribution < -0.4 is 0 Å². The monoisotopic (exact) mass is 730 g/mol. The first-order valence-electron chi connectivity index (χ1n) is 19.0. The maximum atomic E-state index is 6.55. The minimum Gasteiger partial charge on any atom is -0.456 e. The number of aromatic nitrogens is 4. The molecule has 57 heavy (non-hydrogen) atoms. The van der Waals surface area contributed by atoms with E-state index in [2.05, 4.69) is 114 Å². The molecular weight excluding hydrogens is 701 g/mol. The molecule has 0 aliphatic carbocycles. The van der Waals surface area contributed by atoms with Crippen molar-refractivity contribution in [2.45, 2.75) is 0 Å². The van der Waals surface area contributed by atoms with Gasteiger partial charge in [-0.2, -0.15) is 0 Å². The van der Waals surface area contributed by atoms with Crippen molar-refractivity contribution in [2.24, 2.45) is 0 Å². The molecule has 0 amide bonds. The maximum absolute atomic E-state index is 6.55. The van der Waals surface area contributed by atoms with Crippen molar-refractivity contribution in [1.82, 2.24) is 19.5 Å². The number of hydrogen-bond acceptors (Lipinski definition) is 5. The summed E-state index contributed by atoms with van der Waals surface area (Å²) in [6.07, 6.45) is 0. The van der Waals surface area contributed by atoms with E-state index in [1.54, 1.807) is 0 Å². The Kier molecular flexibility index (Phi) is 6.83. The minimum absolute atomic E-state index is 0.590. The van der Waals surface area contributed by atoms with Crippen molar-refractivity contribution < 1.29 is 8.83 Å². The second-order valence-corrected chi connectivity index (χ2v) is 14.4. The molecule has 0 saturated heterocycles. The van der Waals surface area contributed by atoms with E-state index in [9.17, 15) is 0 Å². The van der Waals surface area contributed by atoms with Crippen molar-refractivity contribution >= 4 is 65.7 Å². The van der Waals surface area contributed by atoms with Crippen LogP contribution in [0.25, 0.3) is 117 Å². The van der Waals surface area contributed by atoms with Gasteiger partial charge in [0.15, 0.2) is 17.5 Å². The zero-order chi connectivity index (χ0) is 37.5. The van der Waals surface area contributed by atoms with Gasteiger partial charge in [-0.25, -0.2) is 15.0 Å². The van der Waals surface area contributed by atoms with E-state index in [1.165, 1.54) is 16.3 Å². The Balaban J connectivity index is 1.03. The Morgan fingerprint density at radius 3 is 1.63 bits per heavy atom. The Bertz CT molecular complexity index is 3450. The number of nitrogens with zero attached hydrogens (tertiary/aromatic N) is 4. The van der Waals surface area contributed by atoms with Gasteiger partial charge >= 0.3 is 0 Å². The van der Waals surface area contributed by atoms with Crippen molar-refractivity contribution in [3.8, 4) is 51.0 Å². The molecule has 0 atom stereocenters. The van der Waals surface area contributed by atoms with Gasteiger partial charge in [0.1, 0.15) is 22.3 Å². The van der Waals surface area contributed by atoms with Crippen LogP contribution in [0.5, 0.6) is 0 Å². The van der Waals surface area contributed by atoms with Crippen LogP contribution in [0.4, 0.5) is 0 Å². The van der Waals surface area contributed by atoms with Gasteiger partial charge in [-0.3, -0.25) is 0 Å². The fourth-order valence-electron chi connectivity index (χ4n) is 8.40. The first-order chi connectivity index (χ1) is 28.2. The Hall–Kier alpha value is -7.83. The zero-order valence-electron chi connectivity index (χ0n) is 30.4. The van der Waals surface area contributed by atoms with Crippen molar-refractivity contribution in [2.75, 3.05) is 0 Å². The van der Waals surface area contributed by atoms with E-state index >= 15 is 0 Å². The Morgan fingerprint density at radius 2 is 0.912 bits per heavy atom. The molecule has 4 heterocycles. The molecule has 0 fully saturated rings. The van der Waals surface area contributed by atoms with Crippen LogP contribution in [0.15, 0.2) is 191 Å². The van der Waals surface area contributed by atoms with Gasteiger partial charge in [0, 0.05) is 60.8 Å². The number of para-hydroxylation sites is 2. The fraction of sp³-hybridized carbons (Fsp3) is 0. The van der Waals surface area contributed by atoms with Crippen molar-refractivity contribution in [3.05, 3.63) is 182 Å². The van der Waals surface area contributed by atoms with Gasteiger partial charge in [-0.1, -0.05) is 121 Å². The molecule has 0 aliphatic heterocycles. The van der Waals surface area contributed by atoms with Gasteiger partial charge in [0.2, 0.25) is 0 Å². The summed E-state index contributed by atoms with van der Waals surface area (Å²) in [5, 5.41) is 6.52. The predicted octanol–water partition coefficient (Wildman–Crippen LogP) is 13.4. The molecule has 0 N–H and O–H groups in total. The number of benzene rings is 8. The lowest BCUT2D eigenvalue weighted by Gasteiger charge is -2.09. The molecule has 0 aliphatic rings. The lowest BCUT2D eigenvalue weighted by Crippen LogP contribution is -2.00. The fourth-order valence-corrected chi connectivity index (χ4v) is 8.40. The quantitative estimate of drug-likeness (QED) is 0.176. The van der Waals surface area contributed by atoms with E-state index in [-0.39, 0.29) is 0 Å². The molecule has 0 spiro atoms. The summed E-state index contributed by atoms with van der Waals surface area (Å²) in [4.78, 5) is 15.0. The van der Waals surface area contributed by atoms with Gasteiger partial charge in [0.05, 0.1) is 11.0 Å². The highest BCUT2D eigenvalue weighted by atomic mass is 16.3. The van der Waals surface area contributed by atoms with E-state index in [4.69, 9.17) is 23.8 Å². The Morgan fingerprint density at radius 1 is 0.333 bits per heavy atom. The first kappa shape index (κ1) is 31.5. The van der Waals surface area contributed by atoms with E-state index < -0.39 is 0 Å². The summed E-state index contributed by atoms with van der Waals surface area (Å²) in [7, 11) is 0. The van der Waals surface area contributed by atoms with E-state index in [0.717, 1.165) is 82.9 Å². The molecule has 6 nitrogen and oxygen atoms in total. The molecule has 12 rings (SSSR count). The summed E-state index contributed by atoms with van der Waals surface area (Å²) in [6.45, 7) is 0. The lowest BCUT2D eigenvalue weighted by molar-refractivity contribution is 0.668. The molecule has 0 unspecified atom stereocenters. The summed E-state index contributed by atoms with van der Waals surface area (Å²) >= 11 is 0.